The van der Waals surface area contributed by atoms with Gasteiger partial charge in [-0.3, -0.25) is 0 Å². The van der Waals surface area contributed by atoms with Crippen molar-refractivity contribution in [2.75, 3.05) is 14.2 Å². The van der Waals surface area contributed by atoms with Crippen molar-refractivity contribution in [3.8, 4) is 5.75 Å². The Morgan fingerprint density at radius 1 is 1.33 bits per heavy atom. The summed E-state index contributed by atoms with van der Waals surface area (Å²) in [5.41, 5.74) is 0. The number of hydrogen-bond donors (Lipinski definition) is 1. The summed E-state index contributed by atoms with van der Waals surface area (Å²) in [4.78, 5) is 0. The van der Waals surface area contributed by atoms with E-state index in [4.69, 9.17) is 9.84 Å². The molecule has 1 aromatic rings. The second-order valence-corrected chi connectivity index (χ2v) is 1.43. The molecule has 0 amide bonds. The molecular formula is C8H12BrMgO2+. The number of ether oxygens (including phenoxy) is 1. The molecule has 0 aliphatic heterocycles. The van der Waals surface area contributed by atoms with Crippen LogP contribution in [-0.4, -0.2) is 42.4 Å². The van der Waals surface area contributed by atoms with Crippen LogP contribution in [-0.2, 0) is 0 Å². The zero-order chi connectivity index (χ0) is 7.82. The van der Waals surface area contributed by atoms with Crippen molar-refractivity contribution in [2.45, 2.75) is 0 Å². The Labute approximate surface area is 99.9 Å². The molecule has 1 N–H and O–H groups in total. The standard InChI is InChI=1S/C7H7O.CH4O.BrH.Mg/c1-8-7-5-3-2-4-6-7;1-2;;/h2-5H,1H3;2H,1H3;1H;/q-1;;;+2. The number of benzene rings is 1. The average molecular weight is 244 g/mol. The Morgan fingerprint density at radius 3 is 2.17 bits per heavy atom. The van der Waals surface area contributed by atoms with Crippen molar-refractivity contribution in [1.29, 1.82) is 0 Å². The fourth-order valence-electron chi connectivity index (χ4n) is 0.504. The summed E-state index contributed by atoms with van der Waals surface area (Å²) >= 11 is 0. The molecule has 12 heavy (non-hydrogen) atoms. The van der Waals surface area contributed by atoms with E-state index in [0.717, 1.165) is 12.9 Å². The number of methoxy groups -OCH3 is 1. The van der Waals surface area contributed by atoms with E-state index >= 15 is 0 Å². The van der Waals surface area contributed by atoms with Gasteiger partial charge in [-0.25, -0.2) is 0 Å². The van der Waals surface area contributed by atoms with Crippen molar-refractivity contribution in [2.24, 2.45) is 0 Å². The van der Waals surface area contributed by atoms with Crippen LogP contribution in [0.1, 0.15) is 0 Å². The van der Waals surface area contributed by atoms with E-state index in [0.29, 0.717) is 0 Å². The average Bonchev–Trinajstić information content (AvgIpc) is 2.10. The van der Waals surface area contributed by atoms with Gasteiger partial charge in [-0.15, -0.1) is 29.1 Å². The van der Waals surface area contributed by atoms with Gasteiger partial charge in [0.25, 0.3) is 0 Å². The molecular weight excluding hydrogens is 232 g/mol. The van der Waals surface area contributed by atoms with E-state index < -0.39 is 0 Å². The number of halogens is 1. The topological polar surface area (TPSA) is 29.5 Å². The smallest absolute Gasteiger partial charge is 0.523 e. The van der Waals surface area contributed by atoms with Crippen LogP contribution < -0.4 is 4.74 Å². The summed E-state index contributed by atoms with van der Waals surface area (Å²) in [6.45, 7) is 0. The zero-order valence-electron chi connectivity index (χ0n) is 7.28. The molecule has 0 aliphatic rings. The summed E-state index contributed by atoms with van der Waals surface area (Å²) in [7, 11) is 2.63. The second kappa shape index (κ2) is 13.8. The van der Waals surface area contributed by atoms with E-state index in [1.165, 1.54) is 0 Å². The molecule has 0 radical (unpaired) electrons. The number of aliphatic hydroxyl groups excluding tert-OH is 1. The summed E-state index contributed by atoms with van der Waals surface area (Å²) in [5, 5.41) is 7.00. The first-order valence-corrected chi connectivity index (χ1v) is 2.89. The number of rotatable bonds is 1. The Bertz CT molecular complexity index is 158. The molecule has 0 heterocycles. The van der Waals surface area contributed by atoms with Crippen molar-refractivity contribution in [3.05, 3.63) is 30.3 Å². The molecule has 0 atom stereocenters. The van der Waals surface area contributed by atoms with Crippen molar-refractivity contribution in [1.82, 2.24) is 0 Å². The van der Waals surface area contributed by atoms with Gasteiger partial charge < -0.3 is 9.84 Å². The molecule has 2 nitrogen and oxygen atoms in total. The molecule has 4 heteroatoms. The number of para-hydroxylation sites is 1. The minimum Gasteiger partial charge on any atom is -0.523 e. The summed E-state index contributed by atoms with van der Waals surface area (Å²) in [6, 6.07) is 10.4. The minimum absolute atomic E-state index is 0. The molecule has 1 aromatic carbocycles. The van der Waals surface area contributed by atoms with Gasteiger partial charge in [0.2, 0.25) is 0 Å². The monoisotopic (exact) mass is 243 g/mol. The predicted octanol–water partition coefficient (Wildman–Crippen LogP) is 1.30. The largest absolute Gasteiger partial charge is 2.00 e. The predicted molar refractivity (Wildman–Crippen MR) is 56.0 cm³/mol. The van der Waals surface area contributed by atoms with Crippen LogP contribution in [0.15, 0.2) is 24.3 Å². The minimum atomic E-state index is 0. The van der Waals surface area contributed by atoms with Crippen molar-refractivity contribution < 1.29 is 9.84 Å². The van der Waals surface area contributed by atoms with Crippen LogP contribution in [0.4, 0.5) is 0 Å². The van der Waals surface area contributed by atoms with Gasteiger partial charge in [0, 0.05) is 12.9 Å². The molecule has 0 saturated carbocycles. The normalized spacial score (nSPS) is 6.25. The van der Waals surface area contributed by atoms with E-state index in [1.54, 1.807) is 7.11 Å². The first-order chi connectivity index (χ1) is 4.93. The van der Waals surface area contributed by atoms with Crippen molar-refractivity contribution in [3.63, 3.8) is 0 Å². The Balaban J connectivity index is -0.000000189. The number of aliphatic hydroxyl groups is 1. The quantitative estimate of drug-likeness (QED) is 0.596. The fourth-order valence-corrected chi connectivity index (χ4v) is 0.504. The summed E-state index contributed by atoms with van der Waals surface area (Å²) in [5.74, 6) is 0.785. The van der Waals surface area contributed by atoms with E-state index in [1.807, 2.05) is 24.3 Å². The molecule has 0 saturated heterocycles. The van der Waals surface area contributed by atoms with E-state index in [-0.39, 0.29) is 40.0 Å². The summed E-state index contributed by atoms with van der Waals surface area (Å²) < 4.78 is 4.86. The molecule has 64 valence electrons. The molecule has 0 spiro atoms. The molecule has 0 unspecified atom stereocenters. The van der Waals surface area contributed by atoms with Gasteiger partial charge in [0.1, 0.15) is 0 Å². The maximum Gasteiger partial charge on any atom is 2.00 e. The van der Waals surface area contributed by atoms with Crippen LogP contribution in [0.25, 0.3) is 0 Å². The third kappa shape index (κ3) is 8.32. The third-order valence-corrected chi connectivity index (χ3v) is 0.900. The molecule has 0 bridgehead atoms. The van der Waals surface area contributed by atoms with Crippen LogP contribution in [0, 0.1) is 6.07 Å². The van der Waals surface area contributed by atoms with Gasteiger partial charge in [-0.05, 0) is 0 Å². The van der Waals surface area contributed by atoms with Gasteiger partial charge in [-0.2, -0.15) is 18.2 Å². The maximum atomic E-state index is 7.00. The Hall–Kier alpha value is 0.226. The zero-order valence-corrected chi connectivity index (χ0v) is 10.4. The second-order valence-electron chi connectivity index (χ2n) is 1.43. The fraction of sp³-hybridized carbons (Fsp3) is 0.250. The van der Waals surface area contributed by atoms with Crippen LogP contribution >= 0.6 is 17.0 Å². The summed E-state index contributed by atoms with van der Waals surface area (Å²) in [6.07, 6.45) is 0. The maximum absolute atomic E-state index is 7.00. The molecule has 0 aromatic heterocycles. The first kappa shape index (κ1) is 18.1. The van der Waals surface area contributed by atoms with E-state index in [2.05, 4.69) is 6.07 Å². The van der Waals surface area contributed by atoms with Gasteiger partial charge in [0.15, 0.2) is 0 Å². The molecule has 1 rings (SSSR count). The van der Waals surface area contributed by atoms with E-state index in [9.17, 15) is 0 Å². The van der Waals surface area contributed by atoms with Crippen LogP contribution in [0.3, 0.4) is 0 Å². The molecule has 0 aliphatic carbocycles. The Kier molecular flexibility index (Phi) is 20.8. The first-order valence-electron chi connectivity index (χ1n) is 2.89. The Morgan fingerprint density at radius 2 is 1.92 bits per heavy atom. The van der Waals surface area contributed by atoms with Crippen LogP contribution in [0.5, 0.6) is 5.75 Å². The number of hydrogen-bond acceptors (Lipinski definition) is 2. The van der Waals surface area contributed by atoms with Gasteiger partial charge in [-0.1, -0.05) is 0 Å². The molecule has 0 fully saturated rings. The van der Waals surface area contributed by atoms with Gasteiger partial charge in [0.05, 0.1) is 7.11 Å². The van der Waals surface area contributed by atoms with Gasteiger partial charge >= 0.3 is 23.1 Å². The van der Waals surface area contributed by atoms with Crippen molar-refractivity contribution >= 4 is 40.0 Å². The third-order valence-electron chi connectivity index (χ3n) is 0.900. The van der Waals surface area contributed by atoms with Crippen LogP contribution in [0.2, 0.25) is 0 Å². The SMILES string of the molecule is Br.CO.COc1[c-]cccc1.[Mg+2].